The van der Waals surface area contributed by atoms with Gasteiger partial charge in [-0.15, -0.1) is 0 Å². The van der Waals surface area contributed by atoms with E-state index in [4.69, 9.17) is 0 Å². The van der Waals surface area contributed by atoms with Crippen molar-refractivity contribution >= 4 is 11.8 Å². The molecule has 0 radical (unpaired) electrons. The van der Waals surface area contributed by atoms with Crippen molar-refractivity contribution in [2.45, 2.75) is 19.5 Å². The summed E-state index contributed by atoms with van der Waals surface area (Å²) < 4.78 is 0. The number of nitrogens with zero attached hydrogens (tertiary/aromatic N) is 3. The number of rotatable bonds is 4. The van der Waals surface area contributed by atoms with Crippen LogP contribution >= 0.6 is 0 Å². The van der Waals surface area contributed by atoms with E-state index in [0.29, 0.717) is 37.3 Å². The molecule has 2 amide bonds. The molecule has 4 rings (SSSR count). The monoisotopic (exact) mass is 361 g/mol. The number of carbonyl (C=O) groups excluding carboxylic acids is 2. The van der Waals surface area contributed by atoms with E-state index in [2.05, 4.69) is 20.5 Å². The van der Waals surface area contributed by atoms with Crippen molar-refractivity contribution in [1.82, 2.24) is 25.4 Å². The van der Waals surface area contributed by atoms with E-state index in [1.165, 1.54) is 0 Å². The van der Waals surface area contributed by atoms with E-state index in [0.717, 1.165) is 16.8 Å². The van der Waals surface area contributed by atoms with Crippen molar-refractivity contribution in [3.05, 3.63) is 82.9 Å². The Balaban J connectivity index is 1.48. The van der Waals surface area contributed by atoms with E-state index in [9.17, 15) is 9.59 Å². The van der Waals surface area contributed by atoms with Crippen molar-refractivity contribution < 1.29 is 9.59 Å². The minimum absolute atomic E-state index is 0.0378. The molecule has 0 spiro atoms. The van der Waals surface area contributed by atoms with E-state index < -0.39 is 0 Å². The van der Waals surface area contributed by atoms with Gasteiger partial charge in [-0.1, -0.05) is 24.3 Å². The molecular formula is C20H19N5O2. The lowest BCUT2D eigenvalue weighted by atomic mass is 10.0. The zero-order valence-electron chi connectivity index (χ0n) is 14.7. The van der Waals surface area contributed by atoms with E-state index >= 15 is 0 Å². The average Bonchev–Trinajstić information content (AvgIpc) is 3.16. The van der Waals surface area contributed by atoms with Crippen LogP contribution in [-0.4, -0.2) is 38.4 Å². The third-order valence-electron chi connectivity index (χ3n) is 4.63. The van der Waals surface area contributed by atoms with Crippen molar-refractivity contribution in [3.63, 3.8) is 0 Å². The number of fused-ring (bicyclic) bond motifs is 1. The van der Waals surface area contributed by atoms with Gasteiger partial charge in [0.05, 0.1) is 6.54 Å². The van der Waals surface area contributed by atoms with E-state index in [1.807, 2.05) is 30.3 Å². The minimum Gasteiger partial charge on any atom is -0.346 e. The van der Waals surface area contributed by atoms with Gasteiger partial charge in [0.1, 0.15) is 0 Å². The normalized spacial score (nSPS) is 13.1. The predicted octanol–water partition coefficient (Wildman–Crippen LogP) is 1.93. The molecule has 3 heterocycles. The molecule has 1 aliphatic heterocycles. The fraction of sp³-hybridized carbons (Fsp3) is 0.200. The third kappa shape index (κ3) is 3.57. The fourth-order valence-corrected chi connectivity index (χ4v) is 3.19. The first-order valence-electron chi connectivity index (χ1n) is 8.80. The highest BCUT2D eigenvalue weighted by molar-refractivity contribution is 5.96. The molecule has 0 atom stereocenters. The largest absolute Gasteiger partial charge is 0.346 e. The molecule has 0 saturated heterocycles. The first kappa shape index (κ1) is 17.0. The van der Waals surface area contributed by atoms with Gasteiger partial charge in [0.15, 0.2) is 5.69 Å². The number of amides is 2. The summed E-state index contributed by atoms with van der Waals surface area (Å²) in [6.07, 6.45) is 4.05. The summed E-state index contributed by atoms with van der Waals surface area (Å²) >= 11 is 0. The number of H-pyrrole nitrogens is 1. The summed E-state index contributed by atoms with van der Waals surface area (Å²) in [5.74, 6) is -0.297. The smallest absolute Gasteiger partial charge is 0.272 e. The molecule has 3 aromatic rings. The fourth-order valence-electron chi connectivity index (χ4n) is 3.19. The molecule has 1 aromatic carbocycles. The minimum atomic E-state index is -0.259. The maximum absolute atomic E-state index is 12.7. The van der Waals surface area contributed by atoms with Gasteiger partial charge in [-0.25, -0.2) is 0 Å². The van der Waals surface area contributed by atoms with Crippen LogP contribution in [0, 0.1) is 0 Å². The van der Waals surface area contributed by atoms with Crippen LogP contribution in [0.25, 0.3) is 0 Å². The second-order valence-corrected chi connectivity index (χ2v) is 6.42. The summed E-state index contributed by atoms with van der Waals surface area (Å²) in [5.41, 5.74) is 3.61. The molecule has 7 nitrogen and oxygen atoms in total. The Bertz CT molecular complexity index is 953. The Labute approximate surface area is 156 Å². The Morgan fingerprint density at radius 3 is 2.78 bits per heavy atom. The van der Waals surface area contributed by atoms with Gasteiger partial charge in [-0.3, -0.25) is 19.7 Å². The molecule has 0 saturated carbocycles. The standard InChI is InChI=1S/C20H19N5O2/c26-19(22-12-14-5-4-9-21-11-14)18-16-13-25(10-8-17(16)23-24-18)20(27)15-6-2-1-3-7-15/h1-7,9,11H,8,10,12-13H2,(H,22,26)(H,23,24). The third-order valence-corrected chi connectivity index (χ3v) is 4.63. The number of pyridine rings is 1. The first-order chi connectivity index (χ1) is 13.2. The summed E-state index contributed by atoms with van der Waals surface area (Å²) in [7, 11) is 0. The molecule has 0 unspecified atom stereocenters. The summed E-state index contributed by atoms with van der Waals surface area (Å²) in [6, 6.07) is 12.9. The van der Waals surface area contributed by atoms with Crippen LogP contribution in [-0.2, 0) is 19.5 Å². The summed E-state index contributed by atoms with van der Waals surface area (Å²) in [6.45, 7) is 1.34. The lowest BCUT2D eigenvalue weighted by molar-refractivity contribution is 0.0731. The molecule has 1 aliphatic rings. The first-order valence-corrected chi connectivity index (χ1v) is 8.80. The second-order valence-electron chi connectivity index (χ2n) is 6.42. The number of nitrogens with one attached hydrogen (secondary N) is 2. The number of benzene rings is 1. The van der Waals surface area contributed by atoms with Gasteiger partial charge < -0.3 is 10.2 Å². The second kappa shape index (κ2) is 7.41. The number of carbonyl (C=O) groups is 2. The van der Waals surface area contributed by atoms with Gasteiger partial charge in [0, 0.05) is 48.7 Å². The molecule has 0 fully saturated rings. The Hall–Kier alpha value is -3.48. The van der Waals surface area contributed by atoms with Crippen molar-refractivity contribution in [2.24, 2.45) is 0 Å². The lowest BCUT2D eigenvalue weighted by Crippen LogP contribution is -2.36. The average molecular weight is 361 g/mol. The van der Waals surface area contributed by atoms with Crippen LogP contribution < -0.4 is 5.32 Å². The zero-order valence-corrected chi connectivity index (χ0v) is 14.7. The van der Waals surface area contributed by atoms with Gasteiger partial charge in [0.25, 0.3) is 11.8 Å². The molecule has 2 N–H and O–H groups in total. The molecule has 27 heavy (non-hydrogen) atoms. The molecule has 2 aromatic heterocycles. The Kier molecular flexibility index (Phi) is 4.65. The molecule has 7 heteroatoms. The Morgan fingerprint density at radius 1 is 1.15 bits per heavy atom. The number of hydrogen-bond acceptors (Lipinski definition) is 4. The SMILES string of the molecule is O=C(NCc1cccnc1)c1n[nH]c2c1CN(C(=O)c1ccccc1)CC2. The van der Waals surface area contributed by atoms with Crippen LogP contribution in [0.4, 0.5) is 0 Å². The van der Waals surface area contributed by atoms with Crippen LogP contribution in [0.2, 0.25) is 0 Å². The van der Waals surface area contributed by atoms with Crippen LogP contribution in [0.1, 0.15) is 37.7 Å². The lowest BCUT2D eigenvalue weighted by Gasteiger charge is -2.27. The van der Waals surface area contributed by atoms with E-state index in [1.54, 1.807) is 29.4 Å². The zero-order chi connectivity index (χ0) is 18.6. The van der Waals surface area contributed by atoms with Gasteiger partial charge in [-0.2, -0.15) is 5.10 Å². The predicted molar refractivity (Wildman–Crippen MR) is 98.9 cm³/mol. The van der Waals surface area contributed by atoms with Crippen LogP contribution in [0.3, 0.4) is 0 Å². The molecule has 136 valence electrons. The summed E-state index contributed by atoms with van der Waals surface area (Å²) in [5, 5.41) is 9.99. The van der Waals surface area contributed by atoms with Crippen molar-refractivity contribution in [3.8, 4) is 0 Å². The van der Waals surface area contributed by atoms with Gasteiger partial charge in [0.2, 0.25) is 0 Å². The molecular weight excluding hydrogens is 342 g/mol. The van der Waals surface area contributed by atoms with Crippen molar-refractivity contribution in [1.29, 1.82) is 0 Å². The van der Waals surface area contributed by atoms with E-state index in [-0.39, 0.29) is 11.8 Å². The maximum Gasteiger partial charge on any atom is 0.272 e. The number of aromatic nitrogens is 3. The van der Waals surface area contributed by atoms with Gasteiger partial charge >= 0.3 is 0 Å². The quantitative estimate of drug-likeness (QED) is 0.743. The van der Waals surface area contributed by atoms with Crippen molar-refractivity contribution in [2.75, 3.05) is 6.54 Å². The summed E-state index contributed by atoms with van der Waals surface area (Å²) in [4.78, 5) is 31.1. The number of hydrogen-bond donors (Lipinski definition) is 2. The highest BCUT2D eigenvalue weighted by Gasteiger charge is 2.28. The van der Waals surface area contributed by atoms with Gasteiger partial charge in [-0.05, 0) is 23.8 Å². The highest BCUT2D eigenvalue weighted by Crippen LogP contribution is 2.22. The maximum atomic E-state index is 12.7. The topological polar surface area (TPSA) is 91.0 Å². The molecule has 0 bridgehead atoms. The van der Waals surface area contributed by atoms with Crippen LogP contribution in [0.5, 0.6) is 0 Å². The molecule has 0 aliphatic carbocycles. The van der Waals surface area contributed by atoms with Crippen LogP contribution in [0.15, 0.2) is 54.9 Å². The number of aromatic amines is 1. The Morgan fingerprint density at radius 2 is 2.00 bits per heavy atom. The highest BCUT2D eigenvalue weighted by atomic mass is 16.2.